The summed E-state index contributed by atoms with van der Waals surface area (Å²) in [6.45, 7) is -0.411. The molecule has 102 valence electrons. The third-order valence-electron chi connectivity index (χ3n) is 2.73. The minimum absolute atomic E-state index is 0.521. The Bertz CT molecular complexity index is 555. The molecule has 0 saturated heterocycles. The summed E-state index contributed by atoms with van der Waals surface area (Å²) in [5, 5.41) is 6.82. The predicted molar refractivity (Wildman–Crippen MR) is 68.5 cm³/mol. The van der Waals surface area contributed by atoms with Crippen LogP contribution in [0.2, 0.25) is 0 Å². The number of alkyl halides is 2. The maximum absolute atomic E-state index is 12.5. The molecule has 6 heteroatoms. The molecule has 0 spiro atoms. The van der Waals surface area contributed by atoms with Crippen LogP contribution in [-0.4, -0.2) is 16.9 Å². The van der Waals surface area contributed by atoms with Gasteiger partial charge in [0.05, 0.1) is 24.7 Å². The SMILES string of the molecule is COc1cccc(CNc2cn(C(F)F)nc2C)c1. The molecule has 1 aromatic heterocycles. The summed E-state index contributed by atoms with van der Waals surface area (Å²) < 4.78 is 30.7. The van der Waals surface area contributed by atoms with Gasteiger partial charge in [-0.1, -0.05) is 12.1 Å². The quantitative estimate of drug-likeness (QED) is 0.904. The lowest BCUT2D eigenvalue weighted by atomic mass is 10.2. The summed E-state index contributed by atoms with van der Waals surface area (Å²) in [7, 11) is 1.60. The highest BCUT2D eigenvalue weighted by Gasteiger charge is 2.10. The molecule has 0 aliphatic carbocycles. The predicted octanol–water partition coefficient (Wildman–Crippen LogP) is 3.21. The van der Waals surface area contributed by atoms with Gasteiger partial charge in [-0.2, -0.15) is 13.9 Å². The minimum atomic E-state index is -2.62. The van der Waals surface area contributed by atoms with E-state index in [1.165, 1.54) is 6.20 Å². The summed E-state index contributed by atoms with van der Waals surface area (Å²) in [6.07, 6.45) is 1.31. The number of rotatable bonds is 5. The number of anilines is 1. The van der Waals surface area contributed by atoms with Crippen LogP contribution in [-0.2, 0) is 6.54 Å². The van der Waals surface area contributed by atoms with Crippen LogP contribution in [0.15, 0.2) is 30.5 Å². The number of halogens is 2. The number of aromatic nitrogens is 2. The van der Waals surface area contributed by atoms with Crippen molar-refractivity contribution in [3.05, 3.63) is 41.7 Å². The topological polar surface area (TPSA) is 39.1 Å². The molecule has 2 rings (SSSR count). The maximum Gasteiger partial charge on any atom is 0.333 e. The molecule has 1 aromatic carbocycles. The van der Waals surface area contributed by atoms with Crippen LogP contribution in [0.5, 0.6) is 5.75 Å². The molecule has 0 atom stereocenters. The van der Waals surface area contributed by atoms with E-state index in [1.54, 1.807) is 14.0 Å². The van der Waals surface area contributed by atoms with E-state index in [-0.39, 0.29) is 0 Å². The zero-order valence-corrected chi connectivity index (χ0v) is 10.7. The molecule has 0 radical (unpaired) electrons. The van der Waals surface area contributed by atoms with Crippen molar-refractivity contribution in [2.45, 2.75) is 20.0 Å². The van der Waals surface area contributed by atoms with Gasteiger partial charge in [-0.3, -0.25) is 0 Å². The number of aryl methyl sites for hydroxylation is 1. The van der Waals surface area contributed by atoms with E-state index < -0.39 is 6.55 Å². The Labute approximate surface area is 110 Å². The molecular weight excluding hydrogens is 252 g/mol. The molecule has 19 heavy (non-hydrogen) atoms. The van der Waals surface area contributed by atoms with Gasteiger partial charge in [0.1, 0.15) is 5.75 Å². The molecule has 0 saturated carbocycles. The van der Waals surface area contributed by atoms with Gasteiger partial charge < -0.3 is 10.1 Å². The summed E-state index contributed by atoms with van der Waals surface area (Å²) >= 11 is 0. The lowest BCUT2D eigenvalue weighted by Gasteiger charge is -2.06. The van der Waals surface area contributed by atoms with Crippen molar-refractivity contribution in [2.75, 3.05) is 12.4 Å². The van der Waals surface area contributed by atoms with E-state index in [0.29, 0.717) is 22.6 Å². The third-order valence-corrected chi connectivity index (χ3v) is 2.73. The van der Waals surface area contributed by atoms with Crippen molar-refractivity contribution in [3.8, 4) is 5.75 Å². The fourth-order valence-electron chi connectivity index (χ4n) is 1.73. The van der Waals surface area contributed by atoms with Gasteiger partial charge in [0, 0.05) is 6.54 Å². The van der Waals surface area contributed by atoms with Crippen LogP contribution in [0, 0.1) is 6.92 Å². The Hall–Kier alpha value is -2.11. The number of nitrogens with one attached hydrogen (secondary N) is 1. The zero-order chi connectivity index (χ0) is 13.8. The number of hydrogen-bond acceptors (Lipinski definition) is 3. The van der Waals surface area contributed by atoms with E-state index in [4.69, 9.17) is 4.74 Å². The van der Waals surface area contributed by atoms with Crippen LogP contribution in [0.4, 0.5) is 14.5 Å². The molecule has 1 N–H and O–H groups in total. The highest BCUT2D eigenvalue weighted by atomic mass is 19.3. The Morgan fingerprint density at radius 3 is 2.84 bits per heavy atom. The second-order valence-corrected chi connectivity index (χ2v) is 4.09. The number of methoxy groups -OCH3 is 1. The summed E-state index contributed by atoms with van der Waals surface area (Å²) in [6, 6.07) is 7.55. The summed E-state index contributed by atoms with van der Waals surface area (Å²) in [4.78, 5) is 0. The lowest BCUT2D eigenvalue weighted by molar-refractivity contribution is 0.0563. The van der Waals surface area contributed by atoms with E-state index >= 15 is 0 Å². The first-order chi connectivity index (χ1) is 9.10. The molecule has 0 aliphatic rings. The average Bonchev–Trinajstić information content (AvgIpc) is 2.78. The van der Waals surface area contributed by atoms with Crippen LogP contribution in [0.1, 0.15) is 17.8 Å². The van der Waals surface area contributed by atoms with Crippen LogP contribution >= 0.6 is 0 Å². The number of nitrogens with zero attached hydrogens (tertiary/aromatic N) is 2. The molecule has 0 aliphatic heterocycles. The Morgan fingerprint density at radius 1 is 1.42 bits per heavy atom. The fourth-order valence-corrected chi connectivity index (χ4v) is 1.73. The Morgan fingerprint density at radius 2 is 2.21 bits per heavy atom. The molecule has 0 unspecified atom stereocenters. The van der Waals surface area contributed by atoms with Gasteiger partial charge in [-0.25, -0.2) is 4.68 Å². The van der Waals surface area contributed by atoms with Gasteiger partial charge in [0.25, 0.3) is 0 Å². The van der Waals surface area contributed by atoms with Gasteiger partial charge in [0.2, 0.25) is 0 Å². The molecular formula is C13H15F2N3O. The first-order valence-electron chi connectivity index (χ1n) is 5.81. The second-order valence-electron chi connectivity index (χ2n) is 4.09. The number of ether oxygens (including phenoxy) is 1. The van der Waals surface area contributed by atoms with E-state index in [1.807, 2.05) is 24.3 Å². The minimum Gasteiger partial charge on any atom is -0.497 e. The van der Waals surface area contributed by atoms with Crippen LogP contribution < -0.4 is 10.1 Å². The van der Waals surface area contributed by atoms with Gasteiger partial charge in [-0.05, 0) is 24.6 Å². The first-order valence-corrected chi connectivity index (χ1v) is 5.81. The summed E-state index contributed by atoms with van der Waals surface area (Å²) in [5.74, 6) is 0.763. The number of hydrogen-bond donors (Lipinski definition) is 1. The van der Waals surface area contributed by atoms with Crippen molar-refractivity contribution in [3.63, 3.8) is 0 Å². The van der Waals surface area contributed by atoms with Crippen molar-refractivity contribution >= 4 is 5.69 Å². The standard InChI is InChI=1S/C13H15F2N3O/c1-9-12(8-18(17-9)13(14)15)16-7-10-4-3-5-11(6-10)19-2/h3-6,8,13,16H,7H2,1-2H3. The number of benzene rings is 1. The zero-order valence-electron chi connectivity index (χ0n) is 10.7. The second kappa shape index (κ2) is 5.69. The average molecular weight is 267 g/mol. The largest absolute Gasteiger partial charge is 0.497 e. The molecule has 0 fully saturated rings. The van der Waals surface area contributed by atoms with Crippen LogP contribution in [0.3, 0.4) is 0 Å². The van der Waals surface area contributed by atoms with Crippen LogP contribution in [0.25, 0.3) is 0 Å². The molecule has 1 heterocycles. The Kier molecular flexibility index (Phi) is 3.99. The Balaban J connectivity index is 2.05. The first kappa shape index (κ1) is 13.3. The molecule has 0 amide bonds. The maximum atomic E-state index is 12.5. The van der Waals surface area contributed by atoms with E-state index in [9.17, 15) is 8.78 Å². The molecule has 2 aromatic rings. The molecule has 4 nitrogen and oxygen atoms in total. The third kappa shape index (κ3) is 3.21. The highest BCUT2D eigenvalue weighted by molar-refractivity contribution is 5.46. The van der Waals surface area contributed by atoms with Crippen molar-refractivity contribution in [2.24, 2.45) is 0 Å². The van der Waals surface area contributed by atoms with Crippen molar-refractivity contribution in [1.29, 1.82) is 0 Å². The smallest absolute Gasteiger partial charge is 0.333 e. The van der Waals surface area contributed by atoms with Gasteiger partial charge in [0.15, 0.2) is 0 Å². The van der Waals surface area contributed by atoms with Crippen molar-refractivity contribution in [1.82, 2.24) is 9.78 Å². The van der Waals surface area contributed by atoms with E-state index in [0.717, 1.165) is 11.3 Å². The lowest BCUT2D eigenvalue weighted by Crippen LogP contribution is -2.00. The van der Waals surface area contributed by atoms with Crippen molar-refractivity contribution < 1.29 is 13.5 Å². The monoisotopic (exact) mass is 267 g/mol. The summed E-state index contributed by atoms with van der Waals surface area (Å²) in [5.41, 5.74) is 2.15. The normalized spacial score (nSPS) is 10.8. The fraction of sp³-hybridized carbons (Fsp3) is 0.308. The highest BCUT2D eigenvalue weighted by Crippen LogP contribution is 2.19. The van der Waals surface area contributed by atoms with Gasteiger partial charge >= 0.3 is 6.55 Å². The van der Waals surface area contributed by atoms with E-state index in [2.05, 4.69) is 10.4 Å². The molecule has 0 bridgehead atoms. The van der Waals surface area contributed by atoms with Gasteiger partial charge in [-0.15, -0.1) is 0 Å².